The first-order valence-electron chi connectivity index (χ1n) is 13.7. The lowest BCUT2D eigenvalue weighted by Crippen LogP contribution is -2.56. The molecule has 2 aliphatic rings. The molecule has 3 N–H and O–H groups in total. The molecule has 3 aromatic carbocycles. The normalized spacial score (nSPS) is 18.9. The molecule has 5 rings (SSSR count). The summed E-state index contributed by atoms with van der Waals surface area (Å²) in [6, 6.07) is 26.2. The molecule has 0 saturated carbocycles. The van der Waals surface area contributed by atoms with Gasteiger partial charge in [-0.3, -0.25) is 9.69 Å². The minimum Gasteiger partial charge on any atom is -0.479 e. The van der Waals surface area contributed by atoms with Gasteiger partial charge in [0.25, 0.3) is 0 Å². The van der Waals surface area contributed by atoms with E-state index in [1.165, 1.54) is 0 Å². The number of nitrogens with zero attached hydrogens (tertiary/aromatic N) is 1. The van der Waals surface area contributed by atoms with Gasteiger partial charge in [-0.1, -0.05) is 85.8 Å². The van der Waals surface area contributed by atoms with Gasteiger partial charge in [-0.2, -0.15) is 0 Å². The van der Waals surface area contributed by atoms with Crippen LogP contribution in [0.2, 0.25) is 0 Å². The fourth-order valence-electron chi connectivity index (χ4n) is 5.81. The lowest BCUT2D eigenvalue weighted by atomic mass is 9.97. The van der Waals surface area contributed by atoms with E-state index in [4.69, 9.17) is 4.74 Å². The maximum atomic E-state index is 12.8. The maximum absolute atomic E-state index is 12.8. The Labute approximate surface area is 234 Å². The second kappa shape index (κ2) is 11.9. The van der Waals surface area contributed by atoms with Crippen LogP contribution in [0, 0.1) is 5.92 Å². The molecule has 0 radical (unpaired) electrons. The second-order valence-electron chi connectivity index (χ2n) is 10.9. The van der Waals surface area contributed by atoms with Gasteiger partial charge in [0.1, 0.15) is 6.61 Å². The summed E-state index contributed by atoms with van der Waals surface area (Å²) in [6.45, 7) is 3.76. The van der Waals surface area contributed by atoms with Crippen molar-refractivity contribution in [2.45, 2.75) is 37.8 Å². The Morgan fingerprint density at radius 1 is 0.975 bits per heavy atom. The molecular formula is C32H35N3O5. The molecule has 8 nitrogen and oxygen atoms in total. The van der Waals surface area contributed by atoms with Crippen molar-refractivity contribution < 1.29 is 24.2 Å². The average Bonchev–Trinajstić information content (AvgIpc) is 3.50. The van der Waals surface area contributed by atoms with Gasteiger partial charge >= 0.3 is 12.1 Å². The van der Waals surface area contributed by atoms with Gasteiger partial charge in [0.05, 0.1) is 0 Å². The highest BCUT2D eigenvalue weighted by Gasteiger charge is 2.46. The highest BCUT2D eigenvalue weighted by Crippen LogP contribution is 2.44. The molecule has 2 amide bonds. The zero-order chi connectivity index (χ0) is 28.1. The molecular weight excluding hydrogens is 506 g/mol. The molecule has 1 fully saturated rings. The number of benzene rings is 3. The number of carboxylic acid groups (broad SMARTS) is 1. The predicted molar refractivity (Wildman–Crippen MR) is 152 cm³/mol. The van der Waals surface area contributed by atoms with Gasteiger partial charge in [-0.15, -0.1) is 0 Å². The zero-order valence-electron chi connectivity index (χ0n) is 22.6. The highest BCUT2D eigenvalue weighted by molar-refractivity contribution is 5.87. The number of carboxylic acids is 1. The molecule has 1 aliphatic heterocycles. The lowest BCUT2D eigenvalue weighted by Gasteiger charge is -2.27. The monoisotopic (exact) mass is 541 g/mol. The molecule has 0 spiro atoms. The van der Waals surface area contributed by atoms with Gasteiger partial charge in [0.2, 0.25) is 5.91 Å². The van der Waals surface area contributed by atoms with Crippen molar-refractivity contribution >= 4 is 18.0 Å². The van der Waals surface area contributed by atoms with Crippen LogP contribution in [0.3, 0.4) is 0 Å². The third-order valence-corrected chi connectivity index (χ3v) is 7.86. The molecule has 208 valence electrons. The number of fused-ring (bicyclic) bond motifs is 3. The molecule has 40 heavy (non-hydrogen) atoms. The molecule has 8 heteroatoms. The quantitative estimate of drug-likeness (QED) is 0.351. The number of rotatable bonds is 10. The van der Waals surface area contributed by atoms with Crippen molar-refractivity contribution in [2.24, 2.45) is 5.92 Å². The van der Waals surface area contributed by atoms with Crippen LogP contribution in [0.25, 0.3) is 11.1 Å². The fraction of sp³-hybridized carbons (Fsp3) is 0.344. The summed E-state index contributed by atoms with van der Waals surface area (Å²) >= 11 is 0. The smallest absolute Gasteiger partial charge is 0.407 e. The lowest BCUT2D eigenvalue weighted by molar-refractivity contribution is -0.147. The number of nitrogens with one attached hydrogen (secondary N) is 2. The molecule has 0 bridgehead atoms. The summed E-state index contributed by atoms with van der Waals surface area (Å²) in [6.07, 6.45) is -0.103. The zero-order valence-corrected chi connectivity index (χ0v) is 22.6. The average molecular weight is 542 g/mol. The molecule has 2 atom stereocenters. The minimum atomic E-state index is -1.31. The first kappa shape index (κ1) is 27.4. The van der Waals surface area contributed by atoms with Crippen LogP contribution in [-0.2, 0) is 20.9 Å². The van der Waals surface area contributed by atoms with E-state index >= 15 is 0 Å². The van der Waals surface area contributed by atoms with Crippen LogP contribution in [0.4, 0.5) is 4.79 Å². The molecule has 1 saturated heterocycles. The Morgan fingerprint density at radius 2 is 1.60 bits per heavy atom. The van der Waals surface area contributed by atoms with Crippen LogP contribution >= 0.6 is 0 Å². The number of hydrogen-bond acceptors (Lipinski definition) is 5. The molecule has 1 aliphatic carbocycles. The van der Waals surface area contributed by atoms with E-state index in [1.807, 2.05) is 66.4 Å². The van der Waals surface area contributed by atoms with E-state index in [2.05, 4.69) is 34.9 Å². The Balaban J connectivity index is 1.08. The first-order valence-corrected chi connectivity index (χ1v) is 13.7. The van der Waals surface area contributed by atoms with E-state index in [9.17, 15) is 19.5 Å². The number of carbonyl (C=O) groups is 3. The molecule has 2 unspecified atom stereocenters. The van der Waals surface area contributed by atoms with Crippen molar-refractivity contribution in [1.29, 1.82) is 0 Å². The summed E-state index contributed by atoms with van der Waals surface area (Å²) in [7, 11) is 0. The highest BCUT2D eigenvalue weighted by atomic mass is 16.5. The molecule has 3 aromatic rings. The number of hydrogen-bond donors (Lipinski definition) is 3. The maximum Gasteiger partial charge on any atom is 0.407 e. The van der Waals surface area contributed by atoms with Crippen molar-refractivity contribution in [3.8, 4) is 11.1 Å². The topological polar surface area (TPSA) is 108 Å². The number of ether oxygens (including phenoxy) is 1. The molecule has 0 aromatic heterocycles. The van der Waals surface area contributed by atoms with Crippen LogP contribution < -0.4 is 10.6 Å². The van der Waals surface area contributed by atoms with Gasteiger partial charge in [0, 0.05) is 38.5 Å². The summed E-state index contributed by atoms with van der Waals surface area (Å²) in [5.41, 5.74) is 4.40. The standard InChI is InChI=1S/C32H35N3O5/c1-22(17-29(36)34-32(30(37)38)15-16-35(21-32)19-23-9-3-2-4-10-23)18-33-31(39)40-20-28-26-13-7-5-11-24(26)25-12-6-8-14-27(25)28/h2-14,22,28H,15-21H2,1H3,(H,33,39)(H,34,36)(H,37,38). The van der Waals surface area contributed by atoms with Crippen molar-refractivity contribution in [3.05, 3.63) is 95.6 Å². The van der Waals surface area contributed by atoms with Gasteiger partial charge in [-0.25, -0.2) is 9.59 Å². The SMILES string of the molecule is CC(CNC(=O)OCC1c2ccccc2-c2ccccc21)CC(=O)NC1(C(=O)O)CCN(Cc2ccccc2)C1. The number of carbonyl (C=O) groups excluding carboxylic acids is 2. The number of amides is 2. The summed E-state index contributed by atoms with van der Waals surface area (Å²) < 4.78 is 5.58. The number of alkyl carbamates (subject to hydrolysis) is 1. The van der Waals surface area contributed by atoms with Gasteiger partial charge in [-0.05, 0) is 40.2 Å². The summed E-state index contributed by atoms with van der Waals surface area (Å²) in [5, 5.41) is 15.5. The van der Waals surface area contributed by atoms with E-state index < -0.39 is 17.6 Å². The van der Waals surface area contributed by atoms with Gasteiger partial charge in [0.15, 0.2) is 5.54 Å². The van der Waals surface area contributed by atoms with E-state index in [1.54, 1.807) is 0 Å². The largest absolute Gasteiger partial charge is 0.479 e. The fourth-order valence-corrected chi connectivity index (χ4v) is 5.81. The second-order valence-corrected chi connectivity index (χ2v) is 10.9. The van der Waals surface area contributed by atoms with Crippen molar-refractivity contribution in [3.63, 3.8) is 0 Å². The third-order valence-electron chi connectivity index (χ3n) is 7.86. The Morgan fingerprint density at radius 3 is 2.25 bits per heavy atom. The van der Waals surface area contributed by atoms with Crippen molar-refractivity contribution in [2.75, 3.05) is 26.2 Å². The van der Waals surface area contributed by atoms with Gasteiger partial charge < -0.3 is 20.5 Å². The van der Waals surface area contributed by atoms with E-state index in [0.717, 1.165) is 27.8 Å². The predicted octanol–water partition coefficient (Wildman–Crippen LogP) is 4.40. The minimum absolute atomic E-state index is 0.0265. The van der Waals surface area contributed by atoms with Crippen LogP contribution in [0.5, 0.6) is 0 Å². The summed E-state index contributed by atoms with van der Waals surface area (Å²) in [4.78, 5) is 39.6. The number of likely N-dealkylation sites (tertiary alicyclic amines) is 1. The first-order chi connectivity index (χ1) is 19.3. The number of aliphatic carboxylic acids is 1. The van der Waals surface area contributed by atoms with Crippen LogP contribution in [-0.4, -0.2) is 59.8 Å². The van der Waals surface area contributed by atoms with Crippen LogP contribution in [0.1, 0.15) is 42.4 Å². The Kier molecular flexibility index (Phi) is 8.16. The van der Waals surface area contributed by atoms with Crippen molar-refractivity contribution in [1.82, 2.24) is 15.5 Å². The van der Waals surface area contributed by atoms with Crippen LogP contribution in [0.15, 0.2) is 78.9 Å². The Bertz CT molecular complexity index is 1330. The van der Waals surface area contributed by atoms with E-state index in [0.29, 0.717) is 19.5 Å². The Hall–Kier alpha value is -4.17. The molecule has 1 heterocycles. The van der Waals surface area contributed by atoms with E-state index in [-0.39, 0.29) is 43.9 Å². The third kappa shape index (κ3) is 6.02. The summed E-state index contributed by atoms with van der Waals surface area (Å²) in [5.74, 6) is -1.60.